The number of non-ortho nitro benzene ring substituents is 1. The Morgan fingerprint density at radius 1 is 0.776 bits per heavy atom. The lowest BCUT2D eigenvalue weighted by molar-refractivity contribution is -0.384. The van der Waals surface area contributed by atoms with Crippen LogP contribution in [0.4, 0.5) is 17.1 Å². The molecule has 0 saturated carbocycles. The van der Waals surface area contributed by atoms with E-state index in [9.17, 15) is 24.5 Å². The number of nitrogens with one attached hydrogen (secondary N) is 3. The summed E-state index contributed by atoms with van der Waals surface area (Å²) in [5, 5.41) is 18.8. The first kappa shape index (κ1) is 34.1. The van der Waals surface area contributed by atoms with Crippen LogP contribution in [0.5, 0.6) is 5.75 Å². The first-order valence-electron chi connectivity index (χ1n) is 15.3. The summed E-state index contributed by atoms with van der Waals surface area (Å²) >= 11 is 1.31. The average molecular weight is 673 g/mol. The summed E-state index contributed by atoms with van der Waals surface area (Å²) in [4.78, 5) is 51.4. The zero-order valence-electron chi connectivity index (χ0n) is 26.4. The molecule has 10 nitrogen and oxygen atoms in total. The lowest BCUT2D eigenvalue weighted by Gasteiger charge is -2.17. The fourth-order valence-electron chi connectivity index (χ4n) is 4.71. The Bertz CT molecular complexity index is 1950. The van der Waals surface area contributed by atoms with Crippen molar-refractivity contribution in [1.29, 1.82) is 0 Å². The van der Waals surface area contributed by atoms with Gasteiger partial charge in [-0.15, -0.1) is 11.8 Å². The van der Waals surface area contributed by atoms with Crippen molar-refractivity contribution < 1.29 is 24.0 Å². The molecule has 5 aromatic rings. The molecule has 0 fully saturated rings. The standard InChI is InChI=1S/C38H32N4O6S/c1-2-48-34-16-10-9-15-28(34)25-33(41-36(43)27-13-7-4-8-14-27)37(44)39-30-19-23-32(24-20-30)49-35(26-11-5-3-6-12-26)38(45)40-29-17-21-31(22-18-29)42(46)47/h3-25,35H,2H2,1H3,(H,39,44)(H,40,45)(H,41,43)/b33-25-. The Labute approximate surface area is 287 Å². The zero-order chi connectivity index (χ0) is 34.6. The fraction of sp³-hybridized carbons (Fsp3) is 0.0789. The van der Waals surface area contributed by atoms with Gasteiger partial charge in [-0.1, -0.05) is 66.7 Å². The SMILES string of the molecule is CCOc1ccccc1/C=C(\NC(=O)c1ccccc1)C(=O)Nc1ccc(SC(C(=O)Nc2ccc([N+](=O)[O-])cc2)c2ccccc2)cc1. The number of rotatable bonds is 13. The molecule has 0 aromatic heterocycles. The smallest absolute Gasteiger partial charge is 0.272 e. The monoisotopic (exact) mass is 672 g/mol. The highest BCUT2D eigenvalue weighted by Gasteiger charge is 2.23. The highest BCUT2D eigenvalue weighted by Crippen LogP contribution is 2.37. The van der Waals surface area contributed by atoms with Crippen LogP contribution in [0.15, 0.2) is 144 Å². The second-order valence-electron chi connectivity index (χ2n) is 10.5. The van der Waals surface area contributed by atoms with Crippen LogP contribution in [0.25, 0.3) is 6.08 Å². The van der Waals surface area contributed by atoms with Gasteiger partial charge in [-0.3, -0.25) is 24.5 Å². The maximum absolute atomic E-state index is 13.6. The lowest BCUT2D eigenvalue weighted by Crippen LogP contribution is -2.30. The van der Waals surface area contributed by atoms with E-state index in [1.165, 1.54) is 36.0 Å². The topological polar surface area (TPSA) is 140 Å². The maximum atomic E-state index is 13.6. The number of carbonyl (C=O) groups is 3. The molecule has 49 heavy (non-hydrogen) atoms. The molecule has 0 saturated heterocycles. The number of anilines is 2. The molecule has 1 atom stereocenters. The molecule has 0 spiro atoms. The molecule has 0 bridgehead atoms. The van der Waals surface area contributed by atoms with Gasteiger partial charge in [0, 0.05) is 39.5 Å². The number of ether oxygens (including phenoxy) is 1. The van der Waals surface area contributed by atoms with Crippen molar-refractivity contribution in [3.05, 3.63) is 166 Å². The predicted molar refractivity (Wildman–Crippen MR) is 191 cm³/mol. The van der Waals surface area contributed by atoms with Crippen LogP contribution < -0.4 is 20.7 Å². The van der Waals surface area contributed by atoms with E-state index in [0.717, 1.165) is 10.5 Å². The van der Waals surface area contributed by atoms with Crippen molar-refractivity contribution in [2.45, 2.75) is 17.1 Å². The van der Waals surface area contributed by atoms with Crippen LogP contribution >= 0.6 is 11.8 Å². The molecular formula is C38H32N4O6S. The second kappa shape index (κ2) is 16.6. The molecule has 0 aliphatic carbocycles. The van der Waals surface area contributed by atoms with Crippen molar-refractivity contribution >= 4 is 52.6 Å². The quantitative estimate of drug-likeness (QED) is 0.0500. The van der Waals surface area contributed by atoms with Gasteiger partial charge in [0.25, 0.3) is 17.5 Å². The largest absolute Gasteiger partial charge is 0.493 e. The Hall–Kier alpha value is -6.20. The van der Waals surface area contributed by atoms with Gasteiger partial charge in [0.05, 0.1) is 11.5 Å². The van der Waals surface area contributed by atoms with Gasteiger partial charge >= 0.3 is 0 Å². The van der Waals surface area contributed by atoms with E-state index in [4.69, 9.17) is 4.74 Å². The third kappa shape index (κ3) is 9.43. The van der Waals surface area contributed by atoms with E-state index < -0.39 is 22.0 Å². The van der Waals surface area contributed by atoms with Crippen LogP contribution in [0, 0.1) is 10.1 Å². The van der Waals surface area contributed by atoms with Crippen molar-refractivity contribution in [2.75, 3.05) is 17.2 Å². The molecule has 5 aromatic carbocycles. The fourth-order valence-corrected chi connectivity index (χ4v) is 5.74. The van der Waals surface area contributed by atoms with E-state index in [0.29, 0.717) is 34.9 Å². The minimum Gasteiger partial charge on any atom is -0.493 e. The number of nitrogens with zero attached hydrogens (tertiary/aromatic N) is 1. The second-order valence-corrected chi connectivity index (χ2v) is 11.7. The minimum atomic E-state index is -0.648. The Balaban J connectivity index is 1.34. The number of carbonyl (C=O) groups excluding carboxylic acids is 3. The van der Waals surface area contributed by atoms with Crippen LogP contribution in [0.2, 0.25) is 0 Å². The number of benzene rings is 5. The van der Waals surface area contributed by atoms with Crippen LogP contribution in [0.3, 0.4) is 0 Å². The molecular weight excluding hydrogens is 641 g/mol. The molecule has 0 aliphatic rings. The highest BCUT2D eigenvalue weighted by molar-refractivity contribution is 8.00. The van der Waals surface area contributed by atoms with Crippen molar-refractivity contribution in [3.63, 3.8) is 0 Å². The van der Waals surface area contributed by atoms with Crippen LogP contribution in [-0.4, -0.2) is 29.3 Å². The van der Waals surface area contributed by atoms with Gasteiger partial charge in [0.1, 0.15) is 16.7 Å². The van der Waals surface area contributed by atoms with E-state index in [2.05, 4.69) is 16.0 Å². The predicted octanol–water partition coefficient (Wildman–Crippen LogP) is 7.88. The van der Waals surface area contributed by atoms with E-state index in [-0.39, 0.29) is 17.3 Å². The number of hydrogen-bond donors (Lipinski definition) is 3. The van der Waals surface area contributed by atoms with Crippen molar-refractivity contribution in [2.24, 2.45) is 0 Å². The highest BCUT2D eigenvalue weighted by atomic mass is 32.2. The summed E-state index contributed by atoms with van der Waals surface area (Å²) in [5.41, 5.74) is 2.63. The van der Waals surface area contributed by atoms with Crippen molar-refractivity contribution in [3.8, 4) is 5.75 Å². The lowest BCUT2D eigenvalue weighted by atomic mass is 10.1. The number of amides is 3. The third-order valence-corrected chi connectivity index (χ3v) is 8.37. The molecule has 0 radical (unpaired) electrons. The third-order valence-electron chi connectivity index (χ3n) is 7.10. The number of hydrogen-bond acceptors (Lipinski definition) is 7. The number of thioether (sulfide) groups is 1. The molecule has 3 N–H and O–H groups in total. The summed E-state index contributed by atoms with van der Waals surface area (Å²) in [7, 11) is 0. The number of nitro benzene ring substituents is 1. The Kier molecular flexibility index (Phi) is 11.5. The zero-order valence-corrected chi connectivity index (χ0v) is 27.2. The molecule has 3 amide bonds. The minimum absolute atomic E-state index is 0.0199. The Morgan fingerprint density at radius 3 is 2.02 bits per heavy atom. The molecule has 5 rings (SSSR count). The molecule has 0 aliphatic heterocycles. The van der Waals surface area contributed by atoms with Crippen molar-refractivity contribution in [1.82, 2.24) is 5.32 Å². The average Bonchev–Trinajstić information content (AvgIpc) is 3.12. The van der Waals surface area contributed by atoms with Gasteiger partial charge in [-0.05, 0) is 73.2 Å². The van der Waals surface area contributed by atoms with Gasteiger partial charge in [-0.2, -0.15) is 0 Å². The normalized spacial score (nSPS) is 11.6. The first-order valence-corrected chi connectivity index (χ1v) is 16.2. The summed E-state index contributed by atoms with van der Waals surface area (Å²) in [6, 6.07) is 37.7. The maximum Gasteiger partial charge on any atom is 0.272 e. The van der Waals surface area contributed by atoms with Crippen LogP contribution in [-0.2, 0) is 9.59 Å². The van der Waals surface area contributed by atoms with E-state index >= 15 is 0 Å². The Morgan fingerprint density at radius 2 is 1.37 bits per heavy atom. The molecule has 246 valence electrons. The summed E-state index contributed by atoms with van der Waals surface area (Å²) in [5.74, 6) is -0.725. The number of para-hydroxylation sites is 1. The van der Waals surface area contributed by atoms with Gasteiger partial charge in [0.15, 0.2) is 0 Å². The van der Waals surface area contributed by atoms with Crippen LogP contribution in [0.1, 0.15) is 33.7 Å². The molecule has 1 unspecified atom stereocenters. The molecule has 11 heteroatoms. The van der Waals surface area contributed by atoms with Gasteiger partial charge < -0.3 is 20.7 Å². The summed E-state index contributed by atoms with van der Waals surface area (Å²) in [6.07, 6.45) is 1.57. The van der Waals surface area contributed by atoms with Gasteiger partial charge in [-0.25, -0.2) is 0 Å². The van der Waals surface area contributed by atoms with E-state index in [1.54, 1.807) is 72.8 Å². The summed E-state index contributed by atoms with van der Waals surface area (Å²) < 4.78 is 5.72. The van der Waals surface area contributed by atoms with E-state index in [1.807, 2.05) is 49.4 Å². The van der Waals surface area contributed by atoms with Gasteiger partial charge in [0.2, 0.25) is 5.91 Å². The summed E-state index contributed by atoms with van der Waals surface area (Å²) in [6.45, 7) is 2.29. The number of nitro groups is 1. The molecule has 0 heterocycles. The first-order chi connectivity index (χ1) is 23.8.